The Morgan fingerprint density at radius 1 is 1.47 bits per heavy atom. The maximum atomic E-state index is 12.2. The Labute approximate surface area is 105 Å². The molecule has 2 atom stereocenters. The minimum atomic E-state index is 0.124. The van der Waals surface area contributed by atoms with E-state index in [0.717, 1.165) is 39.0 Å². The first-order chi connectivity index (χ1) is 8.10. The van der Waals surface area contributed by atoms with E-state index in [1.165, 1.54) is 0 Å². The third-order valence-corrected chi connectivity index (χ3v) is 3.75. The van der Waals surface area contributed by atoms with E-state index in [2.05, 4.69) is 18.7 Å². The van der Waals surface area contributed by atoms with Crippen molar-refractivity contribution < 1.29 is 4.79 Å². The van der Waals surface area contributed by atoms with Crippen LogP contribution >= 0.6 is 0 Å². The van der Waals surface area contributed by atoms with E-state index < -0.39 is 0 Å². The van der Waals surface area contributed by atoms with Crippen molar-refractivity contribution in [3.63, 3.8) is 0 Å². The molecule has 4 nitrogen and oxygen atoms in total. The van der Waals surface area contributed by atoms with Gasteiger partial charge in [-0.3, -0.25) is 9.69 Å². The number of carbonyl (C=O) groups excluding carboxylic acids is 1. The number of nitrogens with two attached hydrogens (primary N) is 1. The Morgan fingerprint density at radius 3 is 2.71 bits per heavy atom. The Morgan fingerprint density at radius 2 is 2.18 bits per heavy atom. The van der Waals surface area contributed by atoms with Crippen LogP contribution in [0.25, 0.3) is 0 Å². The number of nitrogens with zero attached hydrogens (tertiary/aromatic N) is 2. The van der Waals surface area contributed by atoms with Crippen molar-refractivity contribution in [3.05, 3.63) is 0 Å². The molecule has 1 fully saturated rings. The van der Waals surface area contributed by atoms with Crippen LogP contribution < -0.4 is 5.73 Å². The Kier molecular flexibility index (Phi) is 5.92. The van der Waals surface area contributed by atoms with Crippen LogP contribution in [0.15, 0.2) is 0 Å². The molecule has 0 aromatic rings. The SMILES string of the molecule is CCN1CCN(C(=O)C(C)CCCN)CC1C. The Balaban J connectivity index is 2.43. The van der Waals surface area contributed by atoms with Crippen molar-refractivity contribution in [1.29, 1.82) is 0 Å². The quantitative estimate of drug-likeness (QED) is 0.778. The van der Waals surface area contributed by atoms with Gasteiger partial charge in [-0.2, -0.15) is 0 Å². The normalized spacial score (nSPS) is 23.8. The van der Waals surface area contributed by atoms with E-state index in [9.17, 15) is 4.79 Å². The predicted molar refractivity (Wildman–Crippen MR) is 70.7 cm³/mol. The van der Waals surface area contributed by atoms with E-state index in [0.29, 0.717) is 18.5 Å². The van der Waals surface area contributed by atoms with Gasteiger partial charge in [0.05, 0.1) is 0 Å². The molecule has 1 heterocycles. The molecule has 1 saturated heterocycles. The second kappa shape index (κ2) is 6.97. The molecule has 1 aliphatic heterocycles. The molecular weight excluding hydrogens is 214 g/mol. The molecule has 1 amide bonds. The monoisotopic (exact) mass is 241 g/mol. The lowest BCUT2D eigenvalue weighted by Gasteiger charge is -2.40. The van der Waals surface area contributed by atoms with Crippen molar-refractivity contribution in [1.82, 2.24) is 9.80 Å². The number of amides is 1. The maximum Gasteiger partial charge on any atom is 0.225 e. The van der Waals surface area contributed by atoms with Crippen molar-refractivity contribution in [3.8, 4) is 0 Å². The molecule has 4 heteroatoms. The summed E-state index contributed by atoms with van der Waals surface area (Å²) >= 11 is 0. The zero-order chi connectivity index (χ0) is 12.8. The molecule has 1 aliphatic rings. The van der Waals surface area contributed by atoms with Gasteiger partial charge in [0, 0.05) is 31.6 Å². The lowest BCUT2D eigenvalue weighted by molar-refractivity contribution is -0.138. The van der Waals surface area contributed by atoms with Gasteiger partial charge in [0.1, 0.15) is 0 Å². The first-order valence-electron chi connectivity index (χ1n) is 6.83. The lowest BCUT2D eigenvalue weighted by atomic mass is 10.0. The molecule has 0 radical (unpaired) electrons. The summed E-state index contributed by atoms with van der Waals surface area (Å²) in [5, 5.41) is 0. The number of rotatable bonds is 5. The second-order valence-corrected chi connectivity index (χ2v) is 5.09. The molecule has 0 aliphatic carbocycles. The topological polar surface area (TPSA) is 49.6 Å². The predicted octanol–water partition coefficient (Wildman–Crippen LogP) is 0.914. The van der Waals surface area contributed by atoms with Crippen LogP contribution in [-0.2, 0) is 4.79 Å². The van der Waals surface area contributed by atoms with Crippen molar-refractivity contribution in [2.45, 2.75) is 39.7 Å². The van der Waals surface area contributed by atoms with Crippen LogP contribution in [0, 0.1) is 5.92 Å². The summed E-state index contributed by atoms with van der Waals surface area (Å²) in [6.45, 7) is 10.9. The van der Waals surface area contributed by atoms with E-state index in [4.69, 9.17) is 5.73 Å². The van der Waals surface area contributed by atoms with Crippen LogP contribution in [0.2, 0.25) is 0 Å². The standard InChI is InChI=1S/C13H27N3O/c1-4-15-8-9-16(10-12(15)3)13(17)11(2)6-5-7-14/h11-12H,4-10,14H2,1-3H3. The summed E-state index contributed by atoms with van der Waals surface area (Å²) in [7, 11) is 0. The number of likely N-dealkylation sites (N-methyl/N-ethyl adjacent to an activating group) is 1. The highest BCUT2D eigenvalue weighted by molar-refractivity contribution is 5.78. The largest absolute Gasteiger partial charge is 0.340 e. The number of piperazine rings is 1. The summed E-state index contributed by atoms with van der Waals surface area (Å²) < 4.78 is 0. The van der Waals surface area contributed by atoms with Gasteiger partial charge in [-0.25, -0.2) is 0 Å². The molecule has 0 aromatic heterocycles. The highest BCUT2D eigenvalue weighted by Gasteiger charge is 2.27. The molecule has 100 valence electrons. The zero-order valence-corrected chi connectivity index (χ0v) is 11.5. The van der Waals surface area contributed by atoms with Crippen LogP contribution in [0.5, 0.6) is 0 Å². The molecule has 2 N–H and O–H groups in total. The van der Waals surface area contributed by atoms with E-state index in [1.807, 2.05) is 11.8 Å². The van der Waals surface area contributed by atoms with E-state index >= 15 is 0 Å². The zero-order valence-electron chi connectivity index (χ0n) is 11.5. The van der Waals surface area contributed by atoms with Crippen molar-refractivity contribution in [2.75, 3.05) is 32.7 Å². The molecule has 0 bridgehead atoms. The Bertz CT molecular complexity index is 245. The summed E-state index contributed by atoms with van der Waals surface area (Å²) in [5.74, 6) is 0.431. The Hall–Kier alpha value is -0.610. The molecule has 0 spiro atoms. The summed E-state index contributed by atoms with van der Waals surface area (Å²) in [6, 6.07) is 0.486. The first-order valence-corrected chi connectivity index (χ1v) is 6.83. The smallest absolute Gasteiger partial charge is 0.225 e. The van der Waals surface area contributed by atoms with E-state index in [1.54, 1.807) is 0 Å². The van der Waals surface area contributed by atoms with E-state index in [-0.39, 0.29) is 5.92 Å². The average molecular weight is 241 g/mol. The molecule has 0 saturated carbocycles. The van der Waals surface area contributed by atoms with Gasteiger partial charge in [0.15, 0.2) is 0 Å². The number of hydrogen-bond donors (Lipinski definition) is 1. The van der Waals surface area contributed by atoms with Crippen molar-refractivity contribution >= 4 is 5.91 Å². The van der Waals surface area contributed by atoms with Crippen LogP contribution in [0.1, 0.15) is 33.6 Å². The highest BCUT2D eigenvalue weighted by Crippen LogP contribution is 2.14. The van der Waals surface area contributed by atoms with Gasteiger partial charge in [0.25, 0.3) is 0 Å². The minimum Gasteiger partial charge on any atom is -0.340 e. The van der Waals surface area contributed by atoms with Crippen LogP contribution in [0.3, 0.4) is 0 Å². The van der Waals surface area contributed by atoms with Gasteiger partial charge < -0.3 is 10.6 Å². The van der Waals surface area contributed by atoms with Gasteiger partial charge in [-0.15, -0.1) is 0 Å². The first kappa shape index (κ1) is 14.5. The van der Waals surface area contributed by atoms with Gasteiger partial charge in [-0.1, -0.05) is 13.8 Å². The highest BCUT2D eigenvalue weighted by atomic mass is 16.2. The number of hydrogen-bond acceptors (Lipinski definition) is 3. The lowest BCUT2D eigenvalue weighted by Crippen LogP contribution is -2.54. The molecule has 1 rings (SSSR count). The van der Waals surface area contributed by atoms with Crippen LogP contribution in [-0.4, -0.2) is 54.5 Å². The summed E-state index contributed by atoms with van der Waals surface area (Å²) in [6.07, 6.45) is 1.86. The minimum absolute atomic E-state index is 0.124. The van der Waals surface area contributed by atoms with Gasteiger partial charge in [0.2, 0.25) is 5.91 Å². The van der Waals surface area contributed by atoms with Gasteiger partial charge in [-0.05, 0) is 32.9 Å². The van der Waals surface area contributed by atoms with Crippen LogP contribution in [0.4, 0.5) is 0 Å². The second-order valence-electron chi connectivity index (χ2n) is 5.09. The average Bonchev–Trinajstić information content (AvgIpc) is 2.34. The molecular formula is C13H27N3O. The number of carbonyl (C=O) groups is 1. The summed E-state index contributed by atoms with van der Waals surface area (Å²) in [5.41, 5.74) is 5.48. The molecule has 0 aromatic carbocycles. The maximum absolute atomic E-state index is 12.2. The summed E-state index contributed by atoms with van der Waals surface area (Å²) in [4.78, 5) is 16.7. The fourth-order valence-electron chi connectivity index (χ4n) is 2.52. The molecule has 2 unspecified atom stereocenters. The van der Waals surface area contributed by atoms with Gasteiger partial charge >= 0.3 is 0 Å². The fraction of sp³-hybridized carbons (Fsp3) is 0.923. The third kappa shape index (κ3) is 3.96. The molecule has 17 heavy (non-hydrogen) atoms. The fourth-order valence-corrected chi connectivity index (χ4v) is 2.52. The van der Waals surface area contributed by atoms with Crippen molar-refractivity contribution in [2.24, 2.45) is 11.7 Å². The third-order valence-electron chi connectivity index (χ3n) is 3.75.